The number of hydrogen-bond acceptors (Lipinski definition) is 5. The normalized spacial score (nSPS) is 11.1. The van der Waals surface area contributed by atoms with Crippen molar-refractivity contribution in [2.45, 2.75) is 79.1 Å². The minimum Gasteiger partial charge on any atom is -0.465 e. The fourth-order valence-corrected chi connectivity index (χ4v) is 2.53. The fraction of sp³-hybridized carbons (Fsp3) is 0.833. The van der Waals surface area contributed by atoms with Crippen LogP contribution >= 0.6 is 0 Å². The van der Waals surface area contributed by atoms with Gasteiger partial charge in [-0.15, -0.1) is 0 Å². The number of Topliss-reactive ketones (excluding diaryl/α,β-unsaturated/α-hetero) is 1. The van der Waals surface area contributed by atoms with Gasteiger partial charge in [-0.2, -0.15) is 0 Å². The van der Waals surface area contributed by atoms with Crippen molar-refractivity contribution in [1.29, 1.82) is 0 Å². The average molecular weight is 328 g/mol. The number of esters is 2. The highest BCUT2D eigenvalue weighted by atomic mass is 16.6. The Morgan fingerprint density at radius 2 is 1.26 bits per heavy atom. The van der Waals surface area contributed by atoms with Crippen molar-refractivity contribution in [2.24, 2.45) is 5.41 Å². The lowest BCUT2D eigenvalue weighted by Gasteiger charge is -2.27. The van der Waals surface area contributed by atoms with Crippen LogP contribution in [0, 0.1) is 5.41 Å². The number of hydrogen-bond donors (Lipinski definition) is 0. The molecule has 0 atom stereocenters. The van der Waals surface area contributed by atoms with Crippen molar-refractivity contribution in [1.82, 2.24) is 0 Å². The second kappa shape index (κ2) is 12.1. The van der Waals surface area contributed by atoms with E-state index in [1.165, 1.54) is 0 Å². The summed E-state index contributed by atoms with van der Waals surface area (Å²) in [5.41, 5.74) is -1.78. The second-order valence-corrected chi connectivity index (χ2v) is 5.68. The maximum atomic E-state index is 12.8. The van der Waals surface area contributed by atoms with E-state index in [4.69, 9.17) is 9.47 Å². The third kappa shape index (κ3) is 6.32. The lowest BCUT2D eigenvalue weighted by Crippen LogP contribution is -2.48. The zero-order valence-electron chi connectivity index (χ0n) is 15.1. The Kier molecular flexibility index (Phi) is 11.4. The smallest absolute Gasteiger partial charge is 0.331 e. The number of unbranched alkanes of at least 4 members (excludes halogenated alkanes) is 4. The number of rotatable bonds is 13. The Morgan fingerprint density at radius 3 is 1.70 bits per heavy atom. The number of ether oxygens (including phenoxy) is 2. The van der Waals surface area contributed by atoms with Crippen molar-refractivity contribution in [3.63, 3.8) is 0 Å². The van der Waals surface area contributed by atoms with E-state index in [1.807, 2.05) is 6.92 Å². The summed E-state index contributed by atoms with van der Waals surface area (Å²) in [7, 11) is 0. The third-order valence-corrected chi connectivity index (χ3v) is 3.89. The van der Waals surface area contributed by atoms with Crippen molar-refractivity contribution in [3.05, 3.63) is 0 Å². The molecule has 0 rings (SSSR count). The first-order valence-electron chi connectivity index (χ1n) is 8.88. The molecule has 0 spiro atoms. The zero-order chi connectivity index (χ0) is 17.7. The molecular weight excluding hydrogens is 296 g/mol. The van der Waals surface area contributed by atoms with Gasteiger partial charge < -0.3 is 9.47 Å². The molecular formula is C18H32O5. The molecule has 0 aliphatic heterocycles. The summed E-state index contributed by atoms with van der Waals surface area (Å²) in [5, 5.41) is 0. The van der Waals surface area contributed by atoms with E-state index >= 15 is 0 Å². The summed E-state index contributed by atoms with van der Waals surface area (Å²) in [4.78, 5) is 37.7. The van der Waals surface area contributed by atoms with E-state index in [1.54, 1.807) is 13.8 Å². The van der Waals surface area contributed by atoms with Crippen LogP contribution in [0.2, 0.25) is 0 Å². The number of carbonyl (C=O) groups excluding carboxylic acids is 3. The van der Waals surface area contributed by atoms with Gasteiger partial charge in [0, 0.05) is 6.42 Å². The summed E-state index contributed by atoms with van der Waals surface area (Å²) in [5.74, 6) is -1.88. The van der Waals surface area contributed by atoms with Crippen LogP contribution in [0.25, 0.3) is 0 Å². The molecule has 0 unspecified atom stereocenters. The Hall–Kier alpha value is -1.39. The summed E-state index contributed by atoms with van der Waals surface area (Å²) >= 11 is 0. The highest BCUT2D eigenvalue weighted by Crippen LogP contribution is 2.32. The molecule has 5 heteroatoms. The first-order chi connectivity index (χ1) is 11.0. The highest BCUT2D eigenvalue weighted by molar-refractivity contribution is 6.20. The maximum absolute atomic E-state index is 12.8. The molecule has 0 aromatic heterocycles. The molecule has 0 amide bonds. The average Bonchev–Trinajstić information content (AvgIpc) is 2.53. The van der Waals surface area contributed by atoms with E-state index in [-0.39, 0.29) is 31.8 Å². The Labute approximate surface area is 140 Å². The first kappa shape index (κ1) is 21.6. The van der Waals surface area contributed by atoms with Crippen molar-refractivity contribution in [3.8, 4) is 0 Å². The van der Waals surface area contributed by atoms with Crippen molar-refractivity contribution < 1.29 is 23.9 Å². The predicted octanol–water partition coefficient (Wildman–Crippen LogP) is 3.83. The maximum Gasteiger partial charge on any atom is 0.331 e. The molecule has 0 aromatic carbocycles. The molecule has 134 valence electrons. The summed E-state index contributed by atoms with van der Waals surface area (Å²) < 4.78 is 10.1. The van der Waals surface area contributed by atoms with Crippen LogP contribution in [0.5, 0.6) is 0 Å². The summed E-state index contributed by atoms with van der Waals surface area (Å²) in [6.45, 7) is 7.64. The Morgan fingerprint density at radius 1 is 0.739 bits per heavy atom. The second-order valence-electron chi connectivity index (χ2n) is 5.68. The monoisotopic (exact) mass is 328 g/mol. The van der Waals surface area contributed by atoms with Crippen LogP contribution in [0.15, 0.2) is 0 Å². The molecule has 0 aliphatic carbocycles. The Bertz CT molecular complexity index is 358. The molecule has 0 aliphatic rings. The first-order valence-corrected chi connectivity index (χ1v) is 8.88. The van der Waals surface area contributed by atoms with E-state index in [9.17, 15) is 14.4 Å². The van der Waals surface area contributed by atoms with Crippen molar-refractivity contribution >= 4 is 17.7 Å². The van der Waals surface area contributed by atoms with Crippen molar-refractivity contribution in [2.75, 3.05) is 13.2 Å². The molecule has 5 nitrogen and oxygen atoms in total. The van der Waals surface area contributed by atoms with Gasteiger partial charge >= 0.3 is 11.9 Å². The van der Waals surface area contributed by atoms with Gasteiger partial charge in [-0.25, -0.2) is 0 Å². The molecule has 0 radical (unpaired) electrons. The van der Waals surface area contributed by atoms with Gasteiger partial charge in [-0.05, 0) is 26.7 Å². The minimum atomic E-state index is -1.78. The van der Waals surface area contributed by atoms with Gasteiger partial charge in [0.05, 0.1) is 13.2 Å². The quantitative estimate of drug-likeness (QED) is 0.292. The van der Waals surface area contributed by atoms with E-state index in [0.717, 1.165) is 25.7 Å². The van der Waals surface area contributed by atoms with E-state index < -0.39 is 17.4 Å². The highest BCUT2D eigenvalue weighted by Gasteiger charge is 2.54. The van der Waals surface area contributed by atoms with Gasteiger partial charge in [0.2, 0.25) is 5.41 Å². The van der Waals surface area contributed by atoms with Gasteiger partial charge in [0.15, 0.2) is 5.78 Å². The van der Waals surface area contributed by atoms with Crippen LogP contribution in [-0.4, -0.2) is 30.9 Å². The molecule has 0 fully saturated rings. The molecule has 0 saturated heterocycles. The molecule has 0 saturated carbocycles. The summed E-state index contributed by atoms with van der Waals surface area (Å²) in [6, 6.07) is 0. The van der Waals surface area contributed by atoms with Gasteiger partial charge in [-0.1, -0.05) is 46.0 Å². The standard InChI is InChI=1S/C18H32O5/c1-5-9-11-12-13-15(19)18(14-10-6-2,16(20)22-7-3)17(21)23-8-4/h5-14H2,1-4H3. The van der Waals surface area contributed by atoms with E-state index in [0.29, 0.717) is 12.8 Å². The molecule has 0 heterocycles. The van der Waals surface area contributed by atoms with E-state index in [2.05, 4.69) is 6.92 Å². The lowest BCUT2D eigenvalue weighted by atomic mass is 9.76. The fourth-order valence-electron chi connectivity index (χ4n) is 2.53. The zero-order valence-corrected chi connectivity index (χ0v) is 15.1. The number of carbonyl (C=O) groups is 3. The third-order valence-electron chi connectivity index (χ3n) is 3.89. The minimum absolute atomic E-state index is 0.134. The van der Waals surface area contributed by atoms with Gasteiger partial charge in [0.25, 0.3) is 0 Å². The molecule has 0 bridgehead atoms. The largest absolute Gasteiger partial charge is 0.465 e. The predicted molar refractivity (Wildman–Crippen MR) is 89.0 cm³/mol. The van der Waals surface area contributed by atoms with Crippen LogP contribution in [0.1, 0.15) is 79.1 Å². The van der Waals surface area contributed by atoms with Crippen LogP contribution in [0.4, 0.5) is 0 Å². The molecule has 23 heavy (non-hydrogen) atoms. The topological polar surface area (TPSA) is 69.7 Å². The lowest BCUT2D eigenvalue weighted by molar-refractivity contribution is -0.175. The van der Waals surface area contributed by atoms with Gasteiger partial charge in [0.1, 0.15) is 0 Å². The van der Waals surface area contributed by atoms with Crippen LogP contribution < -0.4 is 0 Å². The number of ketones is 1. The van der Waals surface area contributed by atoms with Gasteiger partial charge in [-0.3, -0.25) is 14.4 Å². The molecule has 0 aromatic rings. The Balaban J connectivity index is 5.36. The summed E-state index contributed by atoms with van der Waals surface area (Å²) in [6.07, 6.45) is 5.44. The molecule has 0 N–H and O–H groups in total. The van der Waals surface area contributed by atoms with Crippen LogP contribution in [-0.2, 0) is 23.9 Å². The van der Waals surface area contributed by atoms with Crippen LogP contribution in [0.3, 0.4) is 0 Å². The SMILES string of the molecule is CCCCCCC(=O)C(CCCC)(C(=O)OCC)C(=O)OCC.